The van der Waals surface area contributed by atoms with Crippen LogP contribution in [0, 0.1) is 0 Å². The van der Waals surface area contributed by atoms with Crippen LogP contribution in [0.5, 0.6) is 0 Å². The number of nitrogens with one attached hydrogen (secondary N) is 2. The van der Waals surface area contributed by atoms with E-state index in [2.05, 4.69) is 22.4 Å². The minimum absolute atomic E-state index is 0.0382. The van der Waals surface area contributed by atoms with Gasteiger partial charge in [0.2, 0.25) is 5.91 Å². The molecule has 0 aliphatic heterocycles. The van der Waals surface area contributed by atoms with Gasteiger partial charge in [0.05, 0.1) is 6.54 Å². The predicted octanol–water partition coefficient (Wildman–Crippen LogP) is 3.61. The standard InChI is InChI=1S/C20H22ClN3O/c1-24(13-15-6-8-17(21)9-7-15)14-20(25)22-11-10-16-12-23-19-5-3-2-4-18(16)19/h2-9,12,23H,10-11,13-14H2,1H3,(H,22,25). The van der Waals surface area contributed by atoms with Crippen molar-refractivity contribution in [3.05, 3.63) is 70.9 Å². The molecule has 3 rings (SSSR count). The zero-order valence-corrected chi connectivity index (χ0v) is 15.0. The third kappa shape index (κ3) is 4.84. The highest BCUT2D eigenvalue weighted by Crippen LogP contribution is 2.17. The largest absolute Gasteiger partial charge is 0.361 e. The van der Waals surface area contributed by atoms with Crippen LogP contribution in [0.15, 0.2) is 54.7 Å². The molecule has 5 heteroatoms. The van der Waals surface area contributed by atoms with Gasteiger partial charge in [-0.25, -0.2) is 0 Å². The van der Waals surface area contributed by atoms with Gasteiger partial charge in [0.1, 0.15) is 0 Å². The number of nitrogens with zero attached hydrogens (tertiary/aromatic N) is 1. The van der Waals surface area contributed by atoms with Crippen molar-refractivity contribution in [2.24, 2.45) is 0 Å². The van der Waals surface area contributed by atoms with Gasteiger partial charge in [0.15, 0.2) is 0 Å². The lowest BCUT2D eigenvalue weighted by Crippen LogP contribution is -2.35. The second-order valence-corrected chi connectivity index (χ2v) is 6.69. The summed E-state index contributed by atoms with van der Waals surface area (Å²) in [6.45, 7) is 1.72. The maximum atomic E-state index is 12.1. The first-order chi connectivity index (χ1) is 12.1. The smallest absolute Gasteiger partial charge is 0.234 e. The summed E-state index contributed by atoms with van der Waals surface area (Å²) in [5.74, 6) is 0.0382. The number of carbonyl (C=O) groups is 1. The second kappa shape index (κ2) is 8.19. The Balaban J connectivity index is 1.44. The van der Waals surface area contributed by atoms with Crippen LogP contribution in [0.25, 0.3) is 10.9 Å². The number of para-hydroxylation sites is 1. The summed E-state index contributed by atoms with van der Waals surface area (Å²) in [6, 6.07) is 15.9. The third-order valence-corrected chi connectivity index (χ3v) is 4.42. The molecule has 4 nitrogen and oxygen atoms in total. The van der Waals surface area contributed by atoms with E-state index in [1.807, 2.05) is 54.5 Å². The van der Waals surface area contributed by atoms with E-state index in [4.69, 9.17) is 11.6 Å². The summed E-state index contributed by atoms with van der Waals surface area (Å²) in [5, 5.41) is 4.94. The van der Waals surface area contributed by atoms with Crippen LogP contribution in [0.3, 0.4) is 0 Å². The quantitative estimate of drug-likeness (QED) is 0.680. The Labute approximate surface area is 152 Å². The molecule has 0 fully saturated rings. The number of likely N-dealkylation sites (N-methyl/N-ethyl adjacent to an activating group) is 1. The number of aromatic amines is 1. The highest BCUT2D eigenvalue weighted by atomic mass is 35.5. The van der Waals surface area contributed by atoms with Crippen LogP contribution in [0.2, 0.25) is 5.02 Å². The fourth-order valence-corrected chi connectivity index (χ4v) is 3.06. The summed E-state index contributed by atoms with van der Waals surface area (Å²) in [5.41, 5.74) is 3.50. The van der Waals surface area contributed by atoms with Gasteiger partial charge in [0.25, 0.3) is 0 Å². The maximum absolute atomic E-state index is 12.1. The summed E-state index contributed by atoms with van der Waals surface area (Å²) < 4.78 is 0. The van der Waals surface area contributed by atoms with E-state index in [0.29, 0.717) is 19.6 Å². The van der Waals surface area contributed by atoms with Gasteiger partial charge in [-0.2, -0.15) is 0 Å². The third-order valence-electron chi connectivity index (χ3n) is 4.17. The minimum atomic E-state index is 0.0382. The normalized spacial score (nSPS) is 11.2. The molecular weight excluding hydrogens is 334 g/mol. The van der Waals surface area contributed by atoms with E-state index in [-0.39, 0.29) is 5.91 Å². The van der Waals surface area contributed by atoms with Crippen LogP contribution >= 0.6 is 11.6 Å². The minimum Gasteiger partial charge on any atom is -0.361 e. The van der Waals surface area contributed by atoms with Gasteiger partial charge in [-0.1, -0.05) is 41.9 Å². The SMILES string of the molecule is CN(CC(=O)NCCc1c[nH]c2ccccc12)Cc1ccc(Cl)cc1. The molecule has 3 aromatic rings. The molecule has 1 aromatic heterocycles. The Morgan fingerprint density at radius 2 is 1.92 bits per heavy atom. The van der Waals surface area contributed by atoms with Crippen molar-refractivity contribution in [1.29, 1.82) is 0 Å². The zero-order chi connectivity index (χ0) is 17.6. The average molecular weight is 356 g/mol. The second-order valence-electron chi connectivity index (χ2n) is 6.26. The molecule has 0 radical (unpaired) electrons. The molecule has 0 unspecified atom stereocenters. The van der Waals surface area contributed by atoms with E-state index in [1.54, 1.807) is 0 Å². The number of hydrogen-bond donors (Lipinski definition) is 2. The molecule has 2 aromatic carbocycles. The molecule has 25 heavy (non-hydrogen) atoms. The average Bonchev–Trinajstić information content (AvgIpc) is 3.00. The summed E-state index contributed by atoms with van der Waals surface area (Å²) in [4.78, 5) is 17.4. The molecule has 130 valence electrons. The van der Waals surface area contributed by atoms with Crippen LogP contribution in [0.4, 0.5) is 0 Å². The number of halogens is 1. The summed E-state index contributed by atoms with van der Waals surface area (Å²) in [6.07, 6.45) is 2.83. The van der Waals surface area contributed by atoms with Crippen molar-refractivity contribution in [2.75, 3.05) is 20.1 Å². The van der Waals surface area contributed by atoms with E-state index >= 15 is 0 Å². The Hall–Kier alpha value is -2.30. The van der Waals surface area contributed by atoms with Crippen molar-refractivity contribution >= 4 is 28.4 Å². The first-order valence-corrected chi connectivity index (χ1v) is 8.74. The molecule has 0 aliphatic carbocycles. The molecule has 2 N–H and O–H groups in total. The molecule has 0 spiro atoms. The van der Waals surface area contributed by atoms with Gasteiger partial charge in [-0.05, 0) is 42.8 Å². The van der Waals surface area contributed by atoms with Gasteiger partial charge in [-0.3, -0.25) is 9.69 Å². The van der Waals surface area contributed by atoms with Crippen molar-refractivity contribution in [1.82, 2.24) is 15.2 Å². The Morgan fingerprint density at radius 3 is 2.72 bits per heavy atom. The van der Waals surface area contributed by atoms with Crippen LogP contribution in [0.1, 0.15) is 11.1 Å². The predicted molar refractivity (Wildman–Crippen MR) is 103 cm³/mol. The Kier molecular flexibility index (Phi) is 5.74. The van der Waals surface area contributed by atoms with E-state index < -0.39 is 0 Å². The number of rotatable bonds is 7. The Bertz CT molecular complexity index is 842. The summed E-state index contributed by atoms with van der Waals surface area (Å²) >= 11 is 5.89. The molecule has 0 atom stereocenters. The van der Waals surface area contributed by atoms with Crippen molar-refractivity contribution < 1.29 is 4.79 Å². The van der Waals surface area contributed by atoms with Crippen molar-refractivity contribution in [3.8, 4) is 0 Å². The lowest BCUT2D eigenvalue weighted by molar-refractivity contribution is -0.122. The molecular formula is C20H22ClN3O. The van der Waals surface area contributed by atoms with Crippen molar-refractivity contribution in [3.63, 3.8) is 0 Å². The molecule has 1 amide bonds. The topological polar surface area (TPSA) is 48.1 Å². The first kappa shape index (κ1) is 17.5. The number of aromatic nitrogens is 1. The van der Waals surface area contributed by atoms with Gasteiger partial charge in [-0.15, -0.1) is 0 Å². The molecule has 0 saturated heterocycles. The molecule has 0 saturated carbocycles. The molecule has 1 heterocycles. The van der Waals surface area contributed by atoms with Crippen LogP contribution < -0.4 is 5.32 Å². The highest BCUT2D eigenvalue weighted by molar-refractivity contribution is 6.30. The lowest BCUT2D eigenvalue weighted by atomic mass is 10.1. The van der Waals surface area contributed by atoms with Gasteiger partial charge < -0.3 is 10.3 Å². The number of hydrogen-bond acceptors (Lipinski definition) is 2. The lowest BCUT2D eigenvalue weighted by Gasteiger charge is -2.16. The number of carbonyl (C=O) groups excluding carboxylic acids is 1. The van der Waals surface area contributed by atoms with Gasteiger partial charge >= 0.3 is 0 Å². The molecule has 0 aliphatic rings. The maximum Gasteiger partial charge on any atom is 0.234 e. The summed E-state index contributed by atoms with van der Waals surface area (Å²) in [7, 11) is 1.94. The van der Waals surface area contributed by atoms with E-state index in [1.165, 1.54) is 10.9 Å². The fraction of sp³-hybridized carbons (Fsp3) is 0.250. The van der Waals surface area contributed by atoms with Crippen LogP contribution in [-0.2, 0) is 17.8 Å². The van der Waals surface area contributed by atoms with E-state index in [9.17, 15) is 4.79 Å². The van der Waals surface area contributed by atoms with Crippen LogP contribution in [-0.4, -0.2) is 35.9 Å². The monoisotopic (exact) mass is 355 g/mol. The van der Waals surface area contributed by atoms with Gasteiger partial charge in [0, 0.05) is 35.2 Å². The number of amides is 1. The number of H-pyrrole nitrogens is 1. The highest BCUT2D eigenvalue weighted by Gasteiger charge is 2.08. The zero-order valence-electron chi connectivity index (χ0n) is 14.3. The Morgan fingerprint density at radius 1 is 1.16 bits per heavy atom. The fourth-order valence-electron chi connectivity index (χ4n) is 2.93. The molecule has 0 bridgehead atoms. The first-order valence-electron chi connectivity index (χ1n) is 8.36. The van der Waals surface area contributed by atoms with E-state index in [0.717, 1.165) is 22.5 Å². The van der Waals surface area contributed by atoms with Crippen molar-refractivity contribution in [2.45, 2.75) is 13.0 Å². The number of benzene rings is 2. The number of fused-ring (bicyclic) bond motifs is 1.